The number of ether oxygens (including phenoxy) is 1. The van der Waals surface area contributed by atoms with Gasteiger partial charge in [-0.3, -0.25) is 4.90 Å². The summed E-state index contributed by atoms with van der Waals surface area (Å²) in [6.45, 7) is 6.15. The van der Waals surface area contributed by atoms with Crippen molar-refractivity contribution in [2.24, 2.45) is 0 Å². The third-order valence-corrected chi connectivity index (χ3v) is 3.73. The van der Waals surface area contributed by atoms with E-state index in [9.17, 15) is 0 Å². The zero-order valence-corrected chi connectivity index (χ0v) is 11.5. The molecule has 3 nitrogen and oxygen atoms in total. The van der Waals surface area contributed by atoms with Gasteiger partial charge in [-0.1, -0.05) is 18.2 Å². The van der Waals surface area contributed by atoms with Crippen LogP contribution < -0.4 is 10.1 Å². The number of piperidine rings is 1. The van der Waals surface area contributed by atoms with Crippen molar-refractivity contribution in [2.75, 3.05) is 33.3 Å². The van der Waals surface area contributed by atoms with Crippen LogP contribution in [0, 0.1) is 6.92 Å². The van der Waals surface area contributed by atoms with Gasteiger partial charge in [0.2, 0.25) is 0 Å². The zero-order chi connectivity index (χ0) is 12.8. The van der Waals surface area contributed by atoms with Crippen LogP contribution in [0.1, 0.15) is 18.4 Å². The molecule has 100 valence electrons. The van der Waals surface area contributed by atoms with E-state index in [0.29, 0.717) is 6.04 Å². The fourth-order valence-corrected chi connectivity index (χ4v) is 2.45. The second kappa shape index (κ2) is 6.76. The average Bonchev–Trinajstić information content (AvgIpc) is 2.42. The van der Waals surface area contributed by atoms with Crippen molar-refractivity contribution in [3.8, 4) is 5.75 Å². The van der Waals surface area contributed by atoms with Crippen LogP contribution in [-0.4, -0.2) is 44.2 Å². The molecule has 1 heterocycles. The lowest BCUT2D eigenvalue weighted by Crippen LogP contribution is -2.42. The number of benzene rings is 1. The molecule has 2 rings (SSSR count). The monoisotopic (exact) mass is 248 g/mol. The Labute approximate surface area is 110 Å². The molecule has 18 heavy (non-hydrogen) atoms. The Morgan fingerprint density at radius 1 is 1.28 bits per heavy atom. The number of rotatable bonds is 5. The summed E-state index contributed by atoms with van der Waals surface area (Å²) in [6, 6.07) is 8.92. The van der Waals surface area contributed by atoms with Gasteiger partial charge in [0.15, 0.2) is 0 Å². The van der Waals surface area contributed by atoms with Crippen molar-refractivity contribution in [3.05, 3.63) is 29.8 Å². The van der Waals surface area contributed by atoms with Crippen molar-refractivity contribution < 1.29 is 4.74 Å². The number of hydrogen-bond acceptors (Lipinski definition) is 3. The van der Waals surface area contributed by atoms with E-state index in [1.165, 1.54) is 18.4 Å². The van der Waals surface area contributed by atoms with E-state index in [-0.39, 0.29) is 0 Å². The lowest BCUT2D eigenvalue weighted by molar-refractivity contribution is 0.164. The van der Waals surface area contributed by atoms with E-state index in [4.69, 9.17) is 4.74 Å². The van der Waals surface area contributed by atoms with Gasteiger partial charge in [-0.2, -0.15) is 0 Å². The van der Waals surface area contributed by atoms with Crippen LogP contribution in [0.15, 0.2) is 24.3 Å². The molecule has 1 aromatic rings. The van der Waals surface area contributed by atoms with Crippen LogP contribution in [0.2, 0.25) is 0 Å². The molecule has 1 aromatic carbocycles. The van der Waals surface area contributed by atoms with Gasteiger partial charge < -0.3 is 10.1 Å². The van der Waals surface area contributed by atoms with Crippen LogP contribution in [0.4, 0.5) is 0 Å². The highest BCUT2D eigenvalue weighted by Crippen LogP contribution is 2.16. The molecule has 1 saturated heterocycles. The largest absolute Gasteiger partial charge is 0.492 e. The Kier molecular flexibility index (Phi) is 5.02. The van der Waals surface area contributed by atoms with Gasteiger partial charge in [0, 0.05) is 12.6 Å². The average molecular weight is 248 g/mol. The Morgan fingerprint density at radius 3 is 2.72 bits per heavy atom. The summed E-state index contributed by atoms with van der Waals surface area (Å²) in [5, 5.41) is 3.40. The van der Waals surface area contributed by atoms with E-state index < -0.39 is 0 Å². The van der Waals surface area contributed by atoms with E-state index in [2.05, 4.69) is 30.3 Å². The minimum Gasteiger partial charge on any atom is -0.492 e. The Balaban J connectivity index is 1.73. The Bertz CT molecular complexity index is 361. The van der Waals surface area contributed by atoms with Crippen molar-refractivity contribution in [1.82, 2.24) is 10.2 Å². The first kappa shape index (κ1) is 13.4. The van der Waals surface area contributed by atoms with Gasteiger partial charge in [0.25, 0.3) is 0 Å². The van der Waals surface area contributed by atoms with E-state index >= 15 is 0 Å². The van der Waals surface area contributed by atoms with Crippen molar-refractivity contribution in [1.29, 1.82) is 0 Å². The molecular formula is C15H24N2O. The maximum atomic E-state index is 5.84. The van der Waals surface area contributed by atoms with Crippen molar-refractivity contribution in [3.63, 3.8) is 0 Å². The molecule has 0 amide bonds. The van der Waals surface area contributed by atoms with Crippen LogP contribution in [-0.2, 0) is 0 Å². The fourth-order valence-electron chi connectivity index (χ4n) is 2.45. The number of para-hydroxylation sites is 1. The first-order valence-corrected chi connectivity index (χ1v) is 6.87. The first-order chi connectivity index (χ1) is 8.77. The summed E-state index contributed by atoms with van der Waals surface area (Å²) in [6.07, 6.45) is 2.50. The van der Waals surface area contributed by atoms with Crippen LogP contribution >= 0.6 is 0 Å². The standard InChI is InChI=1S/C15H24N2O/c1-13-5-3-4-6-15(13)18-12-11-17(2)14-7-9-16-10-8-14/h3-6,14,16H,7-12H2,1-2H3. The molecule has 1 fully saturated rings. The zero-order valence-electron chi connectivity index (χ0n) is 11.5. The molecule has 0 saturated carbocycles. The third-order valence-electron chi connectivity index (χ3n) is 3.73. The normalized spacial score (nSPS) is 17.1. The molecule has 0 aliphatic carbocycles. The fraction of sp³-hybridized carbons (Fsp3) is 0.600. The highest BCUT2D eigenvalue weighted by Gasteiger charge is 2.17. The van der Waals surface area contributed by atoms with Gasteiger partial charge in [-0.15, -0.1) is 0 Å². The maximum Gasteiger partial charge on any atom is 0.122 e. The molecule has 1 aliphatic rings. The van der Waals surface area contributed by atoms with Crippen LogP contribution in [0.3, 0.4) is 0 Å². The summed E-state index contributed by atoms with van der Waals surface area (Å²) in [4.78, 5) is 2.43. The number of aryl methyl sites for hydroxylation is 1. The Hall–Kier alpha value is -1.06. The molecule has 0 atom stereocenters. The highest BCUT2D eigenvalue weighted by atomic mass is 16.5. The van der Waals surface area contributed by atoms with Gasteiger partial charge in [0.05, 0.1) is 0 Å². The van der Waals surface area contributed by atoms with E-state index in [0.717, 1.165) is 32.0 Å². The van der Waals surface area contributed by atoms with Crippen LogP contribution in [0.25, 0.3) is 0 Å². The molecule has 0 unspecified atom stereocenters. The maximum absolute atomic E-state index is 5.84. The highest BCUT2D eigenvalue weighted by molar-refractivity contribution is 5.31. The Morgan fingerprint density at radius 2 is 2.00 bits per heavy atom. The summed E-state index contributed by atoms with van der Waals surface area (Å²) >= 11 is 0. The summed E-state index contributed by atoms with van der Waals surface area (Å²) in [7, 11) is 2.21. The minimum atomic E-state index is 0.715. The SMILES string of the molecule is Cc1ccccc1OCCN(C)C1CCNCC1. The quantitative estimate of drug-likeness (QED) is 0.863. The van der Waals surface area contributed by atoms with Crippen molar-refractivity contribution >= 4 is 0 Å². The first-order valence-electron chi connectivity index (χ1n) is 6.87. The summed E-state index contributed by atoms with van der Waals surface area (Å²) in [5.41, 5.74) is 1.21. The van der Waals surface area contributed by atoms with Crippen LogP contribution in [0.5, 0.6) is 5.75 Å². The van der Waals surface area contributed by atoms with E-state index in [1.54, 1.807) is 0 Å². The predicted octanol–water partition coefficient (Wildman–Crippen LogP) is 2.06. The molecule has 0 radical (unpaired) electrons. The second-order valence-corrected chi connectivity index (χ2v) is 5.08. The topological polar surface area (TPSA) is 24.5 Å². The van der Waals surface area contributed by atoms with Crippen molar-refractivity contribution in [2.45, 2.75) is 25.8 Å². The minimum absolute atomic E-state index is 0.715. The van der Waals surface area contributed by atoms with Gasteiger partial charge in [-0.05, 0) is 51.5 Å². The summed E-state index contributed by atoms with van der Waals surface area (Å²) in [5.74, 6) is 1.01. The van der Waals surface area contributed by atoms with E-state index in [1.807, 2.05) is 18.2 Å². The molecule has 0 bridgehead atoms. The molecule has 0 aromatic heterocycles. The number of nitrogens with one attached hydrogen (secondary N) is 1. The molecule has 1 aliphatic heterocycles. The third kappa shape index (κ3) is 3.72. The molecular weight excluding hydrogens is 224 g/mol. The summed E-state index contributed by atoms with van der Waals surface area (Å²) < 4.78 is 5.84. The number of hydrogen-bond donors (Lipinski definition) is 1. The lowest BCUT2D eigenvalue weighted by atomic mass is 10.1. The molecule has 3 heteroatoms. The van der Waals surface area contributed by atoms with Gasteiger partial charge in [0.1, 0.15) is 12.4 Å². The predicted molar refractivity (Wildman–Crippen MR) is 75.2 cm³/mol. The van der Waals surface area contributed by atoms with Gasteiger partial charge in [-0.25, -0.2) is 0 Å². The lowest BCUT2D eigenvalue weighted by Gasteiger charge is -2.31. The molecule has 0 spiro atoms. The number of likely N-dealkylation sites (N-methyl/N-ethyl adjacent to an activating group) is 1. The second-order valence-electron chi connectivity index (χ2n) is 5.08. The smallest absolute Gasteiger partial charge is 0.122 e. The number of nitrogens with zero attached hydrogens (tertiary/aromatic N) is 1. The van der Waals surface area contributed by atoms with Gasteiger partial charge >= 0.3 is 0 Å². The molecule has 1 N–H and O–H groups in total.